The molecule has 2 aromatic rings. The Labute approximate surface area is 112 Å². The minimum atomic E-state index is 0.0823. The highest BCUT2D eigenvalue weighted by atomic mass is 16.5. The first-order chi connectivity index (χ1) is 9.08. The summed E-state index contributed by atoms with van der Waals surface area (Å²) in [7, 11) is 0. The quantitative estimate of drug-likeness (QED) is 0.918. The summed E-state index contributed by atoms with van der Waals surface area (Å²) in [6.45, 7) is 6.46. The third-order valence-corrected chi connectivity index (χ3v) is 4.11. The zero-order chi connectivity index (χ0) is 13.5. The first kappa shape index (κ1) is 12.4. The van der Waals surface area contributed by atoms with Crippen LogP contribution in [-0.2, 0) is 5.41 Å². The van der Waals surface area contributed by atoms with Gasteiger partial charge < -0.3 is 4.52 Å². The Morgan fingerprint density at radius 3 is 2.68 bits per heavy atom. The molecule has 1 saturated carbocycles. The van der Waals surface area contributed by atoms with Crippen molar-refractivity contribution in [3.8, 4) is 11.6 Å². The number of rotatable bonds is 3. The van der Waals surface area contributed by atoms with E-state index in [4.69, 9.17) is 4.52 Å². The predicted molar refractivity (Wildman–Crippen MR) is 71.8 cm³/mol. The molecule has 0 amide bonds. The fourth-order valence-electron chi connectivity index (χ4n) is 2.69. The summed E-state index contributed by atoms with van der Waals surface area (Å²) in [4.78, 5) is 4.55. The molecule has 1 aliphatic carbocycles. The minimum Gasteiger partial charge on any atom is -0.332 e. The van der Waals surface area contributed by atoms with Gasteiger partial charge in [0.2, 0.25) is 0 Å². The monoisotopic (exact) mass is 260 g/mol. The Morgan fingerprint density at radius 2 is 2.05 bits per heavy atom. The van der Waals surface area contributed by atoms with Crippen molar-refractivity contribution < 1.29 is 4.52 Å². The first-order valence-corrected chi connectivity index (χ1v) is 6.98. The molecule has 0 aromatic carbocycles. The van der Waals surface area contributed by atoms with Gasteiger partial charge >= 0.3 is 0 Å². The number of hydrogen-bond acceptors (Lipinski definition) is 4. The first-order valence-electron chi connectivity index (χ1n) is 6.98. The summed E-state index contributed by atoms with van der Waals surface area (Å²) in [5.41, 5.74) is 1.91. The van der Waals surface area contributed by atoms with Gasteiger partial charge in [-0.25, -0.2) is 0 Å². The van der Waals surface area contributed by atoms with Gasteiger partial charge in [-0.3, -0.25) is 5.10 Å². The Bertz CT molecular complexity index is 564. The van der Waals surface area contributed by atoms with Crippen molar-refractivity contribution in [2.75, 3.05) is 0 Å². The van der Waals surface area contributed by atoms with Crippen LogP contribution in [0.1, 0.15) is 63.9 Å². The van der Waals surface area contributed by atoms with Crippen molar-refractivity contribution in [1.29, 1.82) is 0 Å². The highest BCUT2D eigenvalue weighted by Crippen LogP contribution is 2.39. The van der Waals surface area contributed by atoms with E-state index >= 15 is 0 Å². The molecule has 102 valence electrons. The van der Waals surface area contributed by atoms with E-state index in [-0.39, 0.29) is 5.41 Å². The Morgan fingerprint density at radius 1 is 1.32 bits per heavy atom. The lowest BCUT2D eigenvalue weighted by Crippen LogP contribution is -2.18. The SMILES string of the molecule is CC(C)c1cc(-c2nc(C3(C)CCCC3)no2)n[nH]1. The molecule has 2 heterocycles. The molecule has 5 heteroatoms. The maximum Gasteiger partial charge on any atom is 0.278 e. The summed E-state index contributed by atoms with van der Waals surface area (Å²) in [5, 5.41) is 11.4. The van der Waals surface area contributed by atoms with E-state index in [1.165, 1.54) is 12.8 Å². The van der Waals surface area contributed by atoms with Gasteiger partial charge in [0.1, 0.15) is 0 Å². The summed E-state index contributed by atoms with van der Waals surface area (Å²) in [6.07, 6.45) is 4.79. The topological polar surface area (TPSA) is 67.6 Å². The fourth-order valence-corrected chi connectivity index (χ4v) is 2.69. The van der Waals surface area contributed by atoms with Crippen molar-refractivity contribution in [1.82, 2.24) is 20.3 Å². The van der Waals surface area contributed by atoms with E-state index in [0.29, 0.717) is 11.8 Å². The molecule has 0 unspecified atom stereocenters. The van der Waals surface area contributed by atoms with Crippen LogP contribution >= 0.6 is 0 Å². The molecule has 2 aromatic heterocycles. The summed E-state index contributed by atoms with van der Waals surface area (Å²) < 4.78 is 5.38. The van der Waals surface area contributed by atoms with Crippen molar-refractivity contribution >= 4 is 0 Å². The van der Waals surface area contributed by atoms with Crippen LogP contribution in [0.4, 0.5) is 0 Å². The number of nitrogens with one attached hydrogen (secondary N) is 1. The van der Waals surface area contributed by atoms with Crippen LogP contribution in [-0.4, -0.2) is 20.3 Å². The standard InChI is InChI=1S/C14H20N4O/c1-9(2)10-8-11(17-16-10)12-15-13(18-19-12)14(3)6-4-5-7-14/h8-9H,4-7H2,1-3H3,(H,16,17). The van der Waals surface area contributed by atoms with Crippen molar-refractivity contribution in [2.24, 2.45) is 0 Å². The van der Waals surface area contributed by atoms with Gasteiger partial charge in [0.15, 0.2) is 11.5 Å². The highest BCUT2D eigenvalue weighted by molar-refractivity contribution is 5.47. The van der Waals surface area contributed by atoms with Crippen molar-refractivity contribution in [3.05, 3.63) is 17.6 Å². The second-order valence-electron chi connectivity index (χ2n) is 6.05. The number of aromatic amines is 1. The third-order valence-electron chi connectivity index (χ3n) is 4.11. The van der Waals surface area contributed by atoms with Gasteiger partial charge in [-0.05, 0) is 24.8 Å². The summed E-state index contributed by atoms with van der Waals surface area (Å²) in [5.74, 6) is 1.76. The molecular weight excluding hydrogens is 240 g/mol. The van der Waals surface area contributed by atoms with Gasteiger partial charge in [0.25, 0.3) is 5.89 Å². The zero-order valence-electron chi connectivity index (χ0n) is 11.7. The zero-order valence-corrected chi connectivity index (χ0v) is 11.7. The number of hydrogen-bond donors (Lipinski definition) is 1. The van der Waals surface area contributed by atoms with Gasteiger partial charge in [0, 0.05) is 11.1 Å². The minimum absolute atomic E-state index is 0.0823. The second-order valence-corrected chi connectivity index (χ2v) is 6.05. The third kappa shape index (κ3) is 2.17. The molecule has 1 N–H and O–H groups in total. The Kier molecular flexibility index (Phi) is 2.92. The van der Waals surface area contributed by atoms with Crippen molar-refractivity contribution in [3.63, 3.8) is 0 Å². The molecule has 1 fully saturated rings. The lowest BCUT2D eigenvalue weighted by atomic mass is 9.88. The van der Waals surface area contributed by atoms with Crippen LogP contribution in [0.3, 0.4) is 0 Å². The summed E-state index contributed by atoms with van der Waals surface area (Å²) >= 11 is 0. The lowest BCUT2D eigenvalue weighted by molar-refractivity contribution is 0.383. The molecule has 1 aliphatic rings. The Balaban J connectivity index is 1.88. The summed E-state index contributed by atoms with van der Waals surface area (Å²) in [6, 6.07) is 1.99. The molecule has 0 atom stereocenters. The molecule has 19 heavy (non-hydrogen) atoms. The van der Waals surface area contributed by atoms with Crippen LogP contribution < -0.4 is 0 Å². The lowest BCUT2D eigenvalue weighted by Gasteiger charge is -2.17. The predicted octanol–water partition coefficient (Wildman–Crippen LogP) is 3.41. The van der Waals surface area contributed by atoms with Gasteiger partial charge in [-0.2, -0.15) is 10.1 Å². The molecule has 0 bridgehead atoms. The molecule has 0 spiro atoms. The molecule has 0 radical (unpaired) electrons. The van der Waals surface area contributed by atoms with Gasteiger partial charge in [-0.1, -0.05) is 38.8 Å². The van der Waals surface area contributed by atoms with E-state index < -0.39 is 0 Å². The van der Waals surface area contributed by atoms with E-state index in [1.807, 2.05) is 6.07 Å². The van der Waals surface area contributed by atoms with Crippen molar-refractivity contribution in [2.45, 2.75) is 57.8 Å². The molecule has 0 aliphatic heterocycles. The molecule has 0 saturated heterocycles. The van der Waals surface area contributed by atoms with E-state index in [2.05, 4.69) is 41.1 Å². The largest absolute Gasteiger partial charge is 0.332 e. The molecule has 3 rings (SSSR count). The van der Waals surface area contributed by atoms with Gasteiger partial charge in [-0.15, -0.1) is 0 Å². The average Bonchev–Trinajstić information content (AvgIpc) is 3.08. The molecule has 5 nitrogen and oxygen atoms in total. The highest BCUT2D eigenvalue weighted by Gasteiger charge is 2.35. The van der Waals surface area contributed by atoms with Crippen LogP contribution in [0.25, 0.3) is 11.6 Å². The smallest absolute Gasteiger partial charge is 0.278 e. The Hall–Kier alpha value is -1.65. The average molecular weight is 260 g/mol. The van der Waals surface area contributed by atoms with Crippen LogP contribution in [0.5, 0.6) is 0 Å². The van der Waals surface area contributed by atoms with E-state index in [1.54, 1.807) is 0 Å². The maximum atomic E-state index is 5.38. The normalized spacial score (nSPS) is 18.3. The van der Waals surface area contributed by atoms with Crippen LogP contribution in [0.15, 0.2) is 10.6 Å². The van der Waals surface area contributed by atoms with Crippen LogP contribution in [0.2, 0.25) is 0 Å². The second kappa shape index (κ2) is 4.47. The number of nitrogens with zero attached hydrogens (tertiary/aromatic N) is 3. The van der Waals surface area contributed by atoms with E-state index in [0.717, 1.165) is 30.1 Å². The number of aromatic nitrogens is 4. The van der Waals surface area contributed by atoms with Gasteiger partial charge in [0.05, 0.1) is 0 Å². The number of H-pyrrole nitrogens is 1. The fraction of sp³-hybridized carbons (Fsp3) is 0.643. The molecular formula is C14H20N4O. The van der Waals surface area contributed by atoms with E-state index in [9.17, 15) is 0 Å². The van der Waals surface area contributed by atoms with Crippen LogP contribution in [0, 0.1) is 0 Å². The maximum absolute atomic E-state index is 5.38.